The number of nitrogens with one attached hydrogen (secondary N) is 3. The van der Waals surface area contributed by atoms with Crippen molar-refractivity contribution in [3.63, 3.8) is 0 Å². The lowest BCUT2D eigenvalue weighted by Crippen LogP contribution is -2.30. The molecular weight excluding hydrogens is 537 g/mol. The van der Waals surface area contributed by atoms with Gasteiger partial charge < -0.3 is 16.0 Å². The molecule has 0 spiro atoms. The van der Waals surface area contributed by atoms with Crippen LogP contribution in [-0.4, -0.2) is 23.0 Å². The first-order valence-electron chi connectivity index (χ1n) is 13.1. The van der Waals surface area contributed by atoms with E-state index in [1.807, 2.05) is 50.2 Å². The predicted molar refractivity (Wildman–Crippen MR) is 163 cm³/mol. The summed E-state index contributed by atoms with van der Waals surface area (Å²) in [5.74, 6) is -1.46. The van der Waals surface area contributed by atoms with Crippen molar-refractivity contribution in [2.75, 3.05) is 10.6 Å². The number of aryl methyl sites for hydroxylation is 1. The molecule has 0 aliphatic heterocycles. The standard InChI is InChI=1S/C33H30FN3O3S/c1-3-30(33(40)35-26-18-16-25(34)17-19-26)41-28-15-9-14-27(21-28)36-32(39)29(20-24-13-8-7-10-22(24)2)37-31(38)23-11-5-4-6-12-23/h4-21,30H,3H2,1-2H3,(H,35,40)(H,36,39)(H,37,38)/b29-20-. The molecule has 3 N–H and O–H groups in total. The zero-order valence-electron chi connectivity index (χ0n) is 22.7. The second kappa shape index (κ2) is 14.1. The van der Waals surface area contributed by atoms with Gasteiger partial charge in [-0.15, -0.1) is 11.8 Å². The van der Waals surface area contributed by atoms with Crippen molar-refractivity contribution >= 4 is 46.9 Å². The van der Waals surface area contributed by atoms with E-state index in [4.69, 9.17) is 0 Å². The molecule has 208 valence electrons. The lowest BCUT2D eigenvalue weighted by atomic mass is 10.1. The molecule has 6 nitrogen and oxygen atoms in total. The number of halogens is 1. The fraction of sp³-hybridized carbons (Fsp3) is 0.121. The van der Waals surface area contributed by atoms with Crippen LogP contribution in [0.2, 0.25) is 0 Å². The van der Waals surface area contributed by atoms with Gasteiger partial charge in [0.1, 0.15) is 11.5 Å². The fourth-order valence-corrected chi connectivity index (χ4v) is 4.95. The maximum absolute atomic E-state index is 13.4. The number of carbonyl (C=O) groups is 3. The Hall–Kier alpha value is -4.69. The average Bonchev–Trinajstić information content (AvgIpc) is 2.98. The first kappa shape index (κ1) is 29.3. The zero-order chi connectivity index (χ0) is 29.2. The van der Waals surface area contributed by atoms with Gasteiger partial charge in [0.05, 0.1) is 5.25 Å². The Bertz CT molecular complexity index is 1560. The third-order valence-corrected chi connectivity index (χ3v) is 7.52. The average molecular weight is 568 g/mol. The summed E-state index contributed by atoms with van der Waals surface area (Å²) in [7, 11) is 0. The SMILES string of the molecule is CCC(Sc1cccc(NC(=O)/C(=C/c2ccccc2C)NC(=O)c2ccccc2)c1)C(=O)Nc1ccc(F)cc1. The molecule has 0 aliphatic carbocycles. The van der Waals surface area contributed by atoms with Crippen molar-refractivity contribution in [2.45, 2.75) is 30.4 Å². The van der Waals surface area contributed by atoms with Crippen LogP contribution >= 0.6 is 11.8 Å². The van der Waals surface area contributed by atoms with Crippen molar-refractivity contribution in [1.82, 2.24) is 5.32 Å². The van der Waals surface area contributed by atoms with Crippen molar-refractivity contribution in [2.24, 2.45) is 0 Å². The Balaban J connectivity index is 1.50. The van der Waals surface area contributed by atoms with Gasteiger partial charge in [0.2, 0.25) is 5.91 Å². The molecule has 8 heteroatoms. The maximum Gasteiger partial charge on any atom is 0.272 e. The van der Waals surface area contributed by atoms with Gasteiger partial charge in [0, 0.05) is 21.8 Å². The summed E-state index contributed by atoms with van der Waals surface area (Å²) >= 11 is 1.36. The van der Waals surface area contributed by atoms with Gasteiger partial charge >= 0.3 is 0 Å². The number of thioether (sulfide) groups is 1. The summed E-state index contributed by atoms with van der Waals surface area (Å²) in [6.07, 6.45) is 2.21. The van der Waals surface area contributed by atoms with Crippen LogP contribution in [0.3, 0.4) is 0 Å². The molecule has 3 amide bonds. The third-order valence-electron chi connectivity index (χ3n) is 6.16. The Morgan fingerprint density at radius 1 is 0.829 bits per heavy atom. The van der Waals surface area contributed by atoms with Gasteiger partial charge in [-0.3, -0.25) is 14.4 Å². The molecule has 4 rings (SSSR count). The normalized spacial score (nSPS) is 11.8. The van der Waals surface area contributed by atoms with E-state index in [0.29, 0.717) is 23.4 Å². The van der Waals surface area contributed by atoms with Crippen LogP contribution in [-0.2, 0) is 9.59 Å². The van der Waals surface area contributed by atoms with E-state index in [9.17, 15) is 18.8 Å². The number of carbonyl (C=O) groups excluding carboxylic acids is 3. The van der Waals surface area contributed by atoms with Crippen molar-refractivity contribution in [3.05, 3.63) is 131 Å². The molecular formula is C33H30FN3O3S. The fourth-order valence-electron chi connectivity index (χ4n) is 3.93. The summed E-state index contributed by atoms with van der Waals surface area (Å²) in [6.45, 7) is 3.84. The molecule has 0 saturated heterocycles. The molecule has 0 aliphatic rings. The van der Waals surface area contributed by atoms with E-state index in [1.54, 1.807) is 48.5 Å². The monoisotopic (exact) mass is 567 g/mol. The Morgan fingerprint density at radius 2 is 1.54 bits per heavy atom. The molecule has 0 fully saturated rings. The molecule has 41 heavy (non-hydrogen) atoms. The van der Waals surface area contributed by atoms with Crippen LogP contribution in [0, 0.1) is 12.7 Å². The zero-order valence-corrected chi connectivity index (χ0v) is 23.5. The summed E-state index contributed by atoms with van der Waals surface area (Å²) in [5.41, 5.74) is 3.30. The molecule has 0 aromatic heterocycles. The van der Waals surface area contributed by atoms with Gasteiger partial charge in [-0.05, 0) is 85.1 Å². The first-order chi connectivity index (χ1) is 19.8. The van der Waals surface area contributed by atoms with Gasteiger partial charge in [-0.2, -0.15) is 0 Å². The number of anilines is 2. The summed E-state index contributed by atoms with van der Waals surface area (Å²) in [6, 6.07) is 29.0. The summed E-state index contributed by atoms with van der Waals surface area (Å²) in [5, 5.41) is 8.04. The minimum atomic E-state index is -0.485. The molecule has 0 heterocycles. The van der Waals surface area contributed by atoms with Crippen molar-refractivity contribution in [1.29, 1.82) is 0 Å². The van der Waals surface area contributed by atoms with Gasteiger partial charge in [-0.1, -0.05) is 55.5 Å². The van der Waals surface area contributed by atoms with Crippen molar-refractivity contribution < 1.29 is 18.8 Å². The largest absolute Gasteiger partial charge is 0.325 e. The van der Waals surface area contributed by atoms with E-state index in [1.165, 1.54) is 36.0 Å². The minimum absolute atomic E-state index is 0.0938. The number of rotatable bonds is 10. The lowest BCUT2D eigenvalue weighted by Gasteiger charge is -2.16. The Labute approximate surface area is 243 Å². The van der Waals surface area contributed by atoms with Crippen LogP contribution in [0.5, 0.6) is 0 Å². The predicted octanol–water partition coefficient (Wildman–Crippen LogP) is 7.05. The summed E-state index contributed by atoms with van der Waals surface area (Å²) < 4.78 is 13.2. The van der Waals surface area contributed by atoms with Crippen LogP contribution in [0.15, 0.2) is 114 Å². The van der Waals surface area contributed by atoms with Crippen LogP contribution in [0.25, 0.3) is 6.08 Å². The second-order valence-electron chi connectivity index (χ2n) is 9.23. The second-order valence-corrected chi connectivity index (χ2v) is 10.5. The highest BCUT2D eigenvalue weighted by Crippen LogP contribution is 2.29. The molecule has 1 unspecified atom stereocenters. The highest BCUT2D eigenvalue weighted by atomic mass is 32.2. The number of amides is 3. The number of benzene rings is 4. The third kappa shape index (κ3) is 8.40. The van der Waals surface area contributed by atoms with Gasteiger partial charge in [0.25, 0.3) is 11.8 Å². The van der Waals surface area contributed by atoms with Gasteiger partial charge in [0.15, 0.2) is 0 Å². The summed E-state index contributed by atoms with van der Waals surface area (Å²) in [4.78, 5) is 40.0. The maximum atomic E-state index is 13.4. The molecule has 4 aromatic carbocycles. The van der Waals surface area contributed by atoms with Crippen LogP contribution in [0.4, 0.5) is 15.8 Å². The topological polar surface area (TPSA) is 87.3 Å². The molecule has 0 radical (unpaired) electrons. The van der Waals surface area contributed by atoms with Crippen LogP contribution < -0.4 is 16.0 Å². The van der Waals surface area contributed by atoms with E-state index < -0.39 is 17.1 Å². The highest BCUT2D eigenvalue weighted by molar-refractivity contribution is 8.00. The quantitative estimate of drug-likeness (QED) is 0.142. The lowest BCUT2D eigenvalue weighted by molar-refractivity contribution is -0.116. The Morgan fingerprint density at radius 3 is 2.24 bits per heavy atom. The number of hydrogen-bond acceptors (Lipinski definition) is 4. The van der Waals surface area contributed by atoms with Gasteiger partial charge in [-0.25, -0.2) is 4.39 Å². The van der Waals surface area contributed by atoms with Crippen LogP contribution in [0.1, 0.15) is 34.8 Å². The van der Waals surface area contributed by atoms with E-state index in [0.717, 1.165) is 16.0 Å². The minimum Gasteiger partial charge on any atom is -0.325 e. The Kier molecular flexibility index (Phi) is 10.1. The highest BCUT2D eigenvalue weighted by Gasteiger charge is 2.19. The molecule has 4 aromatic rings. The number of hydrogen-bond donors (Lipinski definition) is 3. The van der Waals surface area contributed by atoms with E-state index in [-0.39, 0.29) is 17.4 Å². The first-order valence-corrected chi connectivity index (χ1v) is 14.0. The molecule has 1 atom stereocenters. The molecule has 0 bridgehead atoms. The van der Waals surface area contributed by atoms with E-state index >= 15 is 0 Å². The van der Waals surface area contributed by atoms with E-state index in [2.05, 4.69) is 16.0 Å². The van der Waals surface area contributed by atoms with Crippen molar-refractivity contribution in [3.8, 4) is 0 Å². The smallest absolute Gasteiger partial charge is 0.272 e. The molecule has 0 saturated carbocycles.